The number of benzene rings is 5. The van der Waals surface area contributed by atoms with Crippen LogP contribution in [0.25, 0.3) is 55.0 Å². The number of hydrogen-bond acceptors (Lipinski definition) is 5. The molecule has 0 spiro atoms. The molecule has 0 N–H and O–H groups in total. The van der Waals surface area contributed by atoms with Crippen molar-refractivity contribution < 1.29 is 9.31 Å². The van der Waals surface area contributed by atoms with E-state index < -0.39 is 7.12 Å². The Balaban J connectivity index is 0.000000149. The summed E-state index contributed by atoms with van der Waals surface area (Å²) in [4.78, 5) is 13.5. The molecule has 1 aliphatic rings. The molecule has 1 aliphatic heterocycles. The number of nitrogens with zero attached hydrogens (tertiary/aromatic N) is 3. The highest BCUT2D eigenvalue weighted by Crippen LogP contribution is 2.38. The van der Waals surface area contributed by atoms with Crippen LogP contribution in [0.15, 0.2) is 149 Å². The maximum Gasteiger partial charge on any atom is 0.497 e. The topological polar surface area (TPSA) is 57.1 Å². The van der Waals surface area contributed by atoms with Crippen molar-refractivity contribution in [3.63, 3.8) is 0 Å². The molecular weight excluding hydrogens is 891 g/mol. The summed E-state index contributed by atoms with van der Waals surface area (Å²) < 4.78 is 14.4. The SMILES string of the molecule is Brc1ccc(Br)cc1.CC1(C)OB(c2ccc(Cl)c3cccnc23)OC1(C)C.Clc1ccc(-c2ccc(-c3ccc(Cl)c4cccnc34)cc2)c2ncccc12. The highest BCUT2D eigenvalue weighted by molar-refractivity contribution is 9.11. The molecule has 4 heterocycles. The Morgan fingerprint density at radius 1 is 0.464 bits per heavy atom. The van der Waals surface area contributed by atoms with Crippen molar-refractivity contribution >= 4 is 112 Å². The fourth-order valence-electron chi connectivity index (χ4n) is 6.32. The van der Waals surface area contributed by atoms with Gasteiger partial charge in [-0.3, -0.25) is 15.0 Å². The lowest BCUT2D eigenvalue weighted by atomic mass is 9.77. The quantitative estimate of drug-likeness (QED) is 0.165. The van der Waals surface area contributed by atoms with Gasteiger partial charge in [-0.05, 0) is 118 Å². The molecule has 0 bridgehead atoms. The first-order valence-electron chi connectivity index (χ1n) is 17.8. The molecule has 8 aromatic rings. The van der Waals surface area contributed by atoms with Gasteiger partial charge in [-0.15, -0.1) is 0 Å². The highest BCUT2D eigenvalue weighted by Gasteiger charge is 2.52. The molecule has 3 aromatic heterocycles. The van der Waals surface area contributed by atoms with Crippen molar-refractivity contribution in [3.8, 4) is 22.3 Å². The smallest absolute Gasteiger partial charge is 0.399 e. The average molecular weight is 927 g/mol. The lowest BCUT2D eigenvalue weighted by Crippen LogP contribution is -2.41. The van der Waals surface area contributed by atoms with Crippen LogP contribution in [0.1, 0.15) is 27.7 Å². The van der Waals surface area contributed by atoms with Gasteiger partial charge in [0.05, 0.1) is 37.8 Å². The fourth-order valence-corrected chi connectivity index (χ4v) is 7.50. The number of fused-ring (bicyclic) bond motifs is 3. The van der Waals surface area contributed by atoms with Crippen molar-refractivity contribution in [1.82, 2.24) is 15.0 Å². The maximum absolute atomic E-state index is 6.33. The van der Waals surface area contributed by atoms with Gasteiger partial charge in [0.25, 0.3) is 0 Å². The molecule has 1 saturated heterocycles. The van der Waals surface area contributed by atoms with Crippen LogP contribution in [0.5, 0.6) is 0 Å². The van der Waals surface area contributed by atoms with Gasteiger partial charge in [-0.2, -0.15) is 0 Å². The van der Waals surface area contributed by atoms with E-state index in [1.54, 1.807) is 18.6 Å². The van der Waals surface area contributed by atoms with E-state index in [-0.39, 0.29) is 11.2 Å². The molecule has 0 amide bonds. The summed E-state index contributed by atoms with van der Waals surface area (Å²) in [7, 11) is -0.422. The van der Waals surface area contributed by atoms with Gasteiger partial charge in [-0.1, -0.05) is 109 Å². The van der Waals surface area contributed by atoms with E-state index in [2.05, 4.69) is 71.1 Å². The monoisotopic (exact) mass is 923 g/mol. The summed E-state index contributed by atoms with van der Waals surface area (Å²) in [5, 5.41) is 4.94. The highest BCUT2D eigenvalue weighted by atomic mass is 79.9. The third-order valence-corrected chi connectivity index (χ3v) is 12.0. The Morgan fingerprint density at radius 2 is 0.821 bits per heavy atom. The van der Waals surface area contributed by atoms with E-state index in [4.69, 9.17) is 44.1 Å². The van der Waals surface area contributed by atoms with Crippen LogP contribution >= 0.6 is 66.7 Å². The van der Waals surface area contributed by atoms with Crippen LogP contribution < -0.4 is 5.46 Å². The molecule has 56 heavy (non-hydrogen) atoms. The summed E-state index contributed by atoms with van der Waals surface area (Å²) in [6, 6.07) is 39.7. The first kappa shape index (κ1) is 40.3. The molecule has 5 aromatic carbocycles. The Bertz CT molecular complexity index is 2540. The molecule has 0 radical (unpaired) electrons. The summed E-state index contributed by atoms with van der Waals surface area (Å²) in [6.45, 7) is 8.16. The summed E-state index contributed by atoms with van der Waals surface area (Å²) >= 11 is 25.5. The van der Waals surface area contributed by atoms with Crippen LogP contribution in [0.3, 0.4) is 0 Å². The Hall–Kier alpha value is -3.86. The van der Waals surface area contributed by atoms with Crippen LogP contribution in [-0.2, 0) is 9.31 Å². The molecule has 1 fully saturated rings. The molecule has 9 rings (SSSR count). The standard InChI is InChI=1S/C24H14Cl2N2.C15H17BClNO2.C6H4Br2/c25-21-11-9-17(23-19(21)3-1-13-27-23)15-5-7-16(8-6-15)18-10-12-22(26)20-4-2-14-28-24(18)20;1-14(2)15(3,4)20-16(19-14)11-7-8-12(17)10-6-5-9-18-13(10)11;7-5-1-2-6(8)4-3-5/h1-14H;5-9H,1-4H3;1-4H. The van der Waals surface area contributed by atoms with Crippen molar-refractivity contribution in [1.29, 1.82) is 0 Å². The van der Waals surface area contributed by atoms with E-state index in [9.17, 15) is 0 Å². The molecule has 0 saturated carbocycles. The molecule has 0 atom stereocenters. The lowest BCUT2D eigenvalue weighted by Gasteiger charge is -2.32. The minimum Gasteiger partial charge on any atom is -0.399 e. The molecule has 11 heteroatoms. The number of pyridine rings is 3. The number of hydrogen-bond donors (Lipinski definition) is 0. The Labute approximate surface area is 358 Å². The average Bonchev–Trinajstić information content (AvgIpc) is 3.43. The van der Waals surface area contributed by atoms with E-state index in [1.807, 2.05) is 125 Å². The van der Waals surface area contributed by atoms with Crippen molar-refractivity contribution in [2.75, 3.05) is 0 Å². The zero-order valence-corrected chi connectivity index (χ0v) is 36.3. The maximum atomic E-state index is 6.33. The third kappa shape index (κ3) is 8.53. The van der Waals surface area contributed by atoms with Crippen LogP contribution in [0.4, 0.5) is 0 Å². The second-order valence-electron chi connectivity index (χ2n) is 14.1. The Morgan fingerprint density at radius 3 is 1.23 bits per heavy atom. The third-order valence-electron chi connectivity index (χ3n) is 10.00. The van der Waals surface area contributed by atoms with Crippen molar-refractivity contribution in [2.45, 2.75) is 38.9 Å². The minimum atomic E-state index is -0.422. The largest absolute Gasteiger partial charge is 0.497 e. The Kier molecular flexibility index (Phi) is 12.2. The van der Waals surface area contributed by atoms with E-state index >= 15 is 0 Å². The van der Waals surface area contributed by atoms with Gasteiger partial charge in [0, 0.05) is 65.3 Å². The van der Waals surface area contributed by atoms with Crippen LogP contribution in [-0.4, -0.2) is 33.3 Å². The number of aromatic nitrogens is 3. The summed E-state index contributed by atoms with van der Waals surface area (Å²) in [6.07, 6.45) is 5.34. The van der Waals surface area contributed by atoms with E-state index in [1.165, 1.54) is 0 Å². The summed E-state index contributed by atoms with van der Waals surface area (Å²) in [5.41, 5.74) is 7.14. The number of rotatable bonds is 3. The van der Waals surface area contributed by atoms with Crippen LogP contribution in [0.2, 0.25) is 15.1 Å². The first-order valence-corrected chi connectivity index (χ1v) is 20.5. The van der Waals surface area contributed by atoms with Crippen LogP contribution in [0, 0.1) is 0 Å². The zero-order valence-electron chi connectivity index (χ0n) is 30.9. The molecule has 0 unspecified atom stereocenters. The van der Waals surface area contributed by atoms with Gasteiger partial charge in [0.1, 0.15) is 0 Å². The first-order chi connectivity index (χ1) is 26.8. The number of halogens is 5. The molecule has 5 nitrogen and oxygen atoms in total. The summed E-state index contributed by atoms with van der Waals surface area (Å²) in [5.74, 6) is 0. The van der Waals surface area contributed by atoms with E-state index in [0.29, 0.717) is 15.1 Å². The normalized spacial score (nSPS) is 14.3. The lowest BCUT2D eigenvalue weighted by molar-refractivity contribution is 0.00578. The van der Waals surface area contributed by atoms with Gasteiger partial charge < -0.3 is 9.31 Å². The van der Waals surface area contributed by atoms with Gasteiger partial charge in [0.15, 0.2) is 0 Å². The predicted molar refractivity (Wildman–Crippen MR) is 242 cm³/mol. The molecular formula is C45H35BBr2Cl3N3O2. The fraction of sp³-hybridized carbons (Fsp3) is 0.133. The second kappa shape index (κ2) is 16.9. The second-order valence-corrected chi connectivity index (χ2v) is 17.2. The van der Waals surface area contributed by atoms with Crippen molar-refractivity contribution in [3.05, 3.63) is 164 Å². The van der Waals surface area contributed by atoms with E-state index in [0.717, 1.165) is 69.4 Å². The predicted octanol–water partition coefficient (Wildman–Crippen LogP) is 13.8. The molecule has 0 aliphatic carbocycles. The minimum absolute atomic E-state index is 0.363. The van der Waals surface area contributed by atoms with Gasteiger partial charge >= 0.3 is 7.12 Å². The van der Waals surface area contributed by atoms with Gasteiger partial charge in [-0.25, -0.2) is 0 Å². The van der Waals surface area contributed by atoms with Gasteiger partial charge in [0.2, 0.25) is 0 Å². The molecule has 280 valence electrons. The zero-order chi connectivity index (χ0) is 39.6. The van der Waals surface area contributed by atoms with Crippen molar-refractivity contribution in [2.24, 2.45) is 0 Å².